The topological polar surface area (TPSA) is 62.4 Å². The summed E-state index contributed by atoms with van der Waals surface area (Å²) in [4.78, 5) is 12.3. The molecule has 18 heavy (non-hydrogen) atoms. The Kier molecular flexibility index (Phi) is 4.19. The Hall–Kier alpha value is -1.56. The molecule has 2 rings (SSSR count). The number of thioether (sulfide) groups is 1. The number of carbonyl (C=O) groups is 1. The van der Waals surface area contributed by atoms with Crippen LogP contribution >= 0.6 is 11.8 Å². The number of amides is 1. The predicted molar refractivity (Wildman–Crippen MR) is 74.0 cm³/mol. The maximum atomic E-state index is 11.1. The second kappa shape index (κ2) is 5.86. The van der Waals surface area contributed by atoms with Crippen molar-refractivity contribution in [1.29, 1.82) is 0 Å². The number of alkyl carbamates (subject to hydrolysis) is 1. The highest BCUT2D eigenvalue weighted by Gasteiger charge is 2.21. The number of benzene rings is 1. The summed E-state index contributed by atoms with van der Waals surface area (Å²) in [6.07, 6.45) is 0.368. The molecular weight excluding hydrogens is 250 g/mol. The Balaban J connectivity index is 1.99. The summed E-state index contributed by atoms with van der Waals surface area (Å²) >= 11 is 1.83. The predicted octanol–water partition coefficient (Wildman–Crippen LogP) is 2.67. The largest absolute Gasteiger partial charge is 0.453 e. The molecule has 0 fully saturated rings. The zero-order valence-corrected chi connectivity index (χ0v) is 11.3. The third kappa shape index (κ3) is 3.01. The van der Waals surface area contributed by atoms with Crippen molar-refractivity contribution in [3.05, 3.63) is 18.2 Å². The molecule has 5 nitrogen and oxygen atoms in total. The molecule has 0 aliphatic carbocycles. The maximum absolute atomic E-state index is 11.1. The van der Waals surface area contributed by atoms with Gasteiger partial charge in [0.25, 0.3) is 0 Å². The Bertz CT molecular complexity index is 439. The van der Waals surface area contributed by atoms with Crippen molar-refractivity contribution >= 4 is 29.2 Å². The number of fused-ring (bicyclic) bond motifs is 1. The minimum atomic E-state index is -0.464. The first-order valence-corrected chi connectivity index (χ1v) is 6.86. The number of anilines is 2. The molecule has 1 aliphatic rings. The zero-order valence-electron chi connectivity index (χ0n) is 10.4. The van der Waals surface area contributed by atoms with Crippen molar-refractivity contribution in [2.45, 2.75) is 24.5 Å². The molecule has 1 unspecified atom stereocenters. The quantitative estimate of drug-likeness (QED) is 0.732. The minimum Gasteiger partial charge on any atom is -0.453 e. The number of carbonyl (C=O) groups excluding carboxylic acids is 1. The number of ether oxygens (including phenoxy) is 1. The van der Waals surface area contributed by atoms with Crippen molar-refractivity contribution in [3.8, 4) is 0 Å². The summed E-state index contributed by atoms with van der Waals surface area (Å²) in [5.74, 6) is 1.11. The van der Waals surface area contributed by atoms with Crippen LogP contribution in [0.15, 0.2) is 23.1 Å². The molecule has 1 aliphatic heterocycles. The van der Waals surface area contributed by atoms with E-state index in [4.69, 9.17) is 0 Å². The van der Waals surface area contributed by atoms with Crippen LogP contribution in [0.5, 0.6) is 0 Å². The molecule has 3 N–H and O–H groups in total. The Labute approximate surface area is 111 Å². The van der Waals surface area contributed by atoms with Crippen LogP contribution in [0.1, 0.15) is 13.3 Å². The van der Waals surface area contributed by atoms with Gasteiger partial charge >= 0.3 is 6.09 Å². The van der Waals surface area contributed by atoms with E-state index in [1.807, 2.05) is 17.8 Å². The second-order valence-electron chi connectivity index (χ2n) is 3.91. The van der Waals surface area contributed by atoms with Crippen LogP contribution < -0.4 is 16.0 Å². The van der Waals surface area contributed by atoms with Gasteiger partial charge < -0.3 is 15.4 Å². The summed E-state index contributed by atoms with van der Waals surface area (Å²) in [7, 11) is 1.34. The average molecular weight is 267 g/mol. The maximum Gasteiger partial charge on any atom is 0.409 e. The normalized spacial score (nSPS) is 16.4. The van der Waals surface area contributed by atoms with Crippen molar-refractivity contribution in [3.63, 3.8) is 0 Å². The van der Waals surface area contributed by atoms with Crippen molar-refractivity contribution in [2.24, 2.45) is 0 Å². The van der Waals surface area contributed by atoms with Gasteiger partial charge in [-0.15, -0.1) is 11.8 Å². The summed E-state index contributed by atoms with van der Waals surface area (Å²) in [6, 6.07) is 6.18. The van der Waals surface area contributed by atoms with Gasteiger partial charge in [-0.05, 0) is 30.4 Å². The summed E-state index contributed by atoms with van der Waals surface area (Å²) in [6.45, 7) is 2.16. The smallest absolute Gasteiger partial charge is 0.409 e. The molecule has 1 amide bonds. The van der Waals surface area contributed by atoms with Crippen molar-refractivity contribution in [2.75, 3.05) is 23.5 Å². The molecule has 6 heteroatoms. The van der Waals surface area contributed by atoms with Gasteiger partial charge in [0.1, 0.15) is 0 Å². The van der Waals surface area contributed by atoms with E-state index in [9.17, 15) is 4.79 Å². The highest BCUT2D eigenvalue weighted by molar-refractivity contribution is 7.99. The second-order valence-corrected chi connectivity index (χ2v) is 5.08. The third-order valence-electron chi connectivity index (χ3n) is 2.51. The molecule has 0 bridgehead atoms. The van der Waals surface area contributed by atoms with Crippen LogP contribution in [-0.4, -0.2) is 25.2 Å². The van der Waals surface area contributed by atoms with Gasteiger partial charge in [0.15, 0.2) is 6.29 Å². The fraction of sp³-hybridized carbons (Fsp3) is 0.417. The third-order valence-corrected chi connectivity index (χ3v) is 3.71. The van der Waals surface area contributed by atoms with Gasteiger partial charge in [-0.3, -0.25) is 5.32 Å². The first kappa shape index (κ1) is 12.9. The summed E-state index contributed by atoms with van der Waals surface area (Å²) < 4.78 is 4.55. The molecule has 0 radical (unpaired) electrons. The van der Waals surface area contributed by atoms with Gasteiger partial charge in [-0.25, -0.2) is 4.79 Å². The van der Waals surface area contributed by atoms with Crippen LogP contribution in [0.4, 0.5) is 16.2 Å². The number of nitrogens with one attached hydrogen (secondary N) is 3. The van der Waals surface area contributed by atoms with Gasteiger partial charge in [-0.2, -0.15) is 0 Å². The summed E-state index contributed by atoms with van der Waals surface area (Å²) in [5, 5.41) is 8.98. The summed E-state index contributed by atoms with van der Waals surface area (Å²) in [5.41, 5.74) is 1.98. The molecule has 0 saturated heterocycles. The van der Waals surface area contributed by atoms with Gasteiger partial charge in [0.05, 0.1) is 18.5 Å². The Morgan fingerprint density at radius 2 is 2.22 bits per heavy atom. The first-order valence-electron chi connectivity index (χ1n) is 5.87. The van der Waals surface area contributed by atoms with Crippen LogP contribution in [0.25, 0.3) is 0 Å². The van der Waals surface area contributed by atoms with Gasteiger partial charge in [-0.1, -0.05) is 6.92 Å². The molecule has 0 saturated carbocycles. The van der Waals surface area contributed by atoms with E-state index in [0.717, 1.165) is 23.5 Å². The Morgan fingerprint density at radius 3 is 2.94 bits per heavy atom. The fourth-order valence-corrected chi connectivity index (χ4v) is 2.48. The van der Waals surface area contributed by atoms with E-state index in [1.165, 1.54) is 12.0 Å². The molecule has 98 valence electrons. The van der Waals surface area contributed by atoms with Crippen molar-refractivity contribution in [1.82, 2.24) is 5.32 Å². The average Bonchev–Trinajstić information content (AvgIpc) is 2.77. The van der Waals surface area contributed by atoms with Crippen LogP contribution in [0, 0.1) is 0 Å². The fourth-order valence-electron chi connectivity index (χ4n) is 1.67. The molecule has 1 aromatic rings. The molecular formula is C12H17N3O2S. The molecule has 0 aromatic heterocycles. The molecule has 1 aromatic carbocycles. The lowest BCUT2D eigenvalue weighted by Crippen LogP contribution is -2.42. The molecule has 1 atom stereocenters. The highest BCUT2D eigenvalue weighted by Crippen LogP contribution is 2.32. The standard InChI is InChI=1S/C12H17N3O2S/c1-3-6-18-8-4-5-9-10(7-8)14-11(13-9)15-12(16)17-2/h4-5,7,11,13-14H,3,6H2,1-2H3,(H,15,16). The lowest BCUT2D eigenvalue weighted by atomic mass is 10.3. The highest BCUT2D eigenvalue weighted by atomic mass is 32.2. The van der Waals surface area contributed by atoms with E-state index in [0.29, 0.717) is 0 Å². The number of hydrogen-bond acceptors (Lipinski definition) is 5. The van der Waals surface area contributed by atoms with Gasteiger partial charge in [0.2, 0.25) is 0 Å². The number of hydrogen-bond donors (Lipinski definition) is 3. The Morgan fingerprint density at radius 1 is 1.44 bits per heavy atom. The van der Waals surface area contributed by atoms with E-state index in [-0.39, 0.29) is 6.29 Å². The van der Waals surface area contributed by atoms with Crippen LogP contribution in [0.2, 0.25) is 0 Å². The van der Waals surface area contributed by atoms with Crippen LogP contribution in [0.3, 0.4) is 0 Å². The number of methoxy groups -OCH3 is 1. The first-order chi connectivity index (χ1) is 8.72. The lowest BCUT2D eigenvalue weighted by molar-refractivity contribution is 0.169. The number of rotatable bonds is 4. The van der Waals surface area contributed by atoms with Crippen LogP contribution in [-0.2, 0) is 4.74 Å². The van der Waals surface area contributed by atoms with E-state index >= 15 is 0 Å². The zero-order chi connectivity index (χ0) is 13.0. The molecule has 0 spiro atoms. The minimum absolute atomic E-state index is 0.320. The van der Waals surface area contributed by atoms with E-state index in [2.05, 4.69) is 39.7 Å². The van der Waals surface area contributed by atoms with E-state index in [1.54, 1.807) is 0 Å². The van der Waals surface area contributed by atoms with Crippen molar-refractivity contribution < 1.29 is 9.53 Å². The molecule has 1 heterocycles. The monoisotopic (exact) mass is 267 g/mol. The van der Waals surface area contributed by atoms with E-state index < -0.39 is 6.09 Å². The van der Waals surface area contributed by atoms with Gasteiger partial charge in [0, 0.05) is 4.90 Å². The SMILES string of the molecule is CCCSc1ccc2c(c1)NC(NC(=O)OC)N2. The lowest BCUT2D eigenvalue weighted by Gasteiger charge is -2.12.